The summed E-state index contributed by atoms with van der Waals surface area (Å²) < 4.78 is 10.7. The molecular weight excluding hydrogens is 428 g/mol. The summed E-state index contributed by atoms with van der Waals surface area (Å²) in [5, 5.41) is 12.1. The van der Waals surface area contributed by atoms with Gasteiger partial charge in [0.1, 0.15) is 5.01 Å². The molecule has 0 unspecified atom stereocenters. The van der Waals surface area contributed by atoms with Gasteiger partial charge in [-0.25, -0.2) is 0 Å². The molecule has 0 saturated carbocycles. The summed E-state index contributed by atoms with van der Waals surface area (Å²) in [4.78, 5) is 27.5. The number of rotatable bonds is 11. The van der Waals surface area contributed by atoms with Crippen LogP contribution in [0.15, 0.2) is 18.2 Å². The van der Waals surface area contributed by atoms with Crippen LogP contribution in [-0.4, -0.2) is 46.8 Å². The number of carbonyl (C=O) groups is 2. The van der Waals surface area contributed by atoms with E-state index in [2.05, 4.69) is 22.4 Å². The smallest absolute Gasteiger partial charge is 0.245 e. The molecule has 1 atom stereocenters. The molecule has 0 fully saturated rings. The molecule has 32 heavy (non-hydrogen) atoms. The Bertz CT molecular complexity index is 930. The van der Waals surface area contributed by atoms with Crippen LogP contribution < -0.4 is 14.8 Å². The molecule has 0 spiro atoms. The molecule has 0 radical (unpaired) electrons. The molecule has 1 N–H and O–H groups in total. The van der Waals surface area contributed by atoms with E-state index in [0.29, 0.717) is 28.2 Å². The molecule has 1 aliphatic rings. The third kappa shape index (κ3) is 6.18. The van der Waals surface area contributed by atoms with Gasteiger partial charge >= 0.3 is 0 Å². The zero-order chi connectivity index (χ0) is 23.1. The van der Waals surface area contributed by atoms with Crippen molar-refractivity contribution < 1.29 is 19.1 Å². The summed E-state index contributed by atoms with van der Waals surface area (Å²) in [7, 11) is 0. The number of hydrogen-bond acceptors (Lipinski definition) is 7. The van der Waals surface area contributed by atoms with Crippen molar-refractivity contribution in [3.63, 3.8) is 0 Å². The van der Waals surface area contributed by atoms with Gasteiger partial charge in [-0.2, -0.15) is 0 Å². The van der Waals surface area contributed by atoms with Crippen molar-refractivity contribution in [3.05, 3.63) is 18.2 Å². The van der Waals surface area contributed by atoms with Gasteiger partial charge in [-0.3, -0.25) is 14.9 Å². The van der Waals surface area contributed by atoms with Crippen LogP contribution in [0.5, 0.6) is 11.5 Å². The van der Waals surface area contributed by atoms with Crippen molar-refractivity contribution in [1.29, 1.82) is 0 Å². The molecule has 2 heterocycles. The van der Waals surface area contributed by atoms with Gasteiger partial charge < -0.3 is 14.4 Å². The lowest BCUT2D eigenvalue weighted by atomic mass is 9.97. The van der Waals surface area contributed by atoms with Gasteiger partial charge in [-0.15, -0.1) is 10.2 Å². The van der Waals surface area contributed by atoms with Crippen LogP contribution in [0.2, 0.25) is 0 Å². The average Bonchev–Trinajstić information content (AvgIpc) is 3.42. The first-order valence-electron chi connectivity index (χ1n) is 11.2. The second-order valence-corrected chi connectivity index (χ2v) is 9.37. The largest absolute Gasteiger partial charge is 0.454 e. The molecule has 2 aromatic rings. The van der Waals surface area contributed by atoms with E-state index in [0.717, 1.165) is 31.2 Å². The number of ether oxygens (including phenoxy) is 2. The van der Waals surface area contributed by atoms with Gasteiger partial charge in [0.25, 0.3) is 0 Å². The predicted molar refractivity (Wildman–Crippen MR) is 125 cm³/mol. The van der Waals surface area contributed by atoms with Crippen LogP contribution in [-0.2, 0) is 9.59 Å². The van der Waals surface area contributed by atoms with Crippen LogP contribution in [0, 0.1) is 11.8 Å². The molecule has 2 amide bonds. The zero-order valence-corrected chi connectivity index (χ0v) is 20.0. The van der Waals surface area contributed by atoms with Crippen molar-refractivity contribution in [3.8, 4) is 22.1 Å². The molecule has 1 aromatic carbocycles. The maximum Gasteiger partial charge on any atom is 0.245 e. The van der Waals surface area contributed by atoms with E-state index < -0.39 is 0 Å². The number of hydrogen-bond donors (Lipinski definition) is 1. The summed E-state index contributed by atoms with van der Waals surface area (Å²) >= 11 is 1.28. The molecular formula is C23H32N4O4S. The van der Waals surface area contributed by atoms with Gasteiger partial charge in [0.2, 0.25) is 23.7 Å². The van der Waals surface area contributed by atoms with Crippen molar-refractivity contribution in [1.82, 2.24) is 15.1 Å². The lowest BCUT2D eigenvalue weighted by Gasteiger charge is -2.28. The number of fused-ring (bicyclic) bond motifs is 1. The lowest BCUT2D eigenvalue weighted by molar-refractivity contribution is -0.139. The summed E-state index contributed by atoms with van der Waals surface area (Å²) in [6.45, 7) is 9.02. The summed E-state index contributed by atoms with van der Waals surface area (Å²) in [6.07, 6.45) is 3.71. The van der Waals surface area contributed by atoms with Gasteiger partial charge in [0.15, 0.2) is 11.5 Å². The van der Waals surface area contributed by atoms with Crippen molar-refractivity contribution in [2.75, 3.05) is 25.2 Å². The van der Waals surface area contributed by atoms with Gasteiger partial charge in [-0.05, 0) is 37.0 Å². The summed E-state index contributed by atoms with van der Waals surface area (Å²) in [6, 6.07) is 5.55. The Kier molecular flexibility index (Phi) is 8.44. The van der Waals surface area contributed by atoms with Gasteiger partial charge in [-0.1, -0.05) is 51.9 Å². The number of anilines is 1. The van der Waals surface area contributed by atoms with E-state index in [1.54, 1.807) is 4.90 Å². The van der Waals surface area contributed by atoms with Gasteiger partial charge in [0.05, 0.1) is 6.54 Å². The topological polar surface area (TPSA) is 93.7 Å². The number of nitrogens with zero attached hydrogens (tertiary/aromatic N) is 3. The molecule has 0 bridgehead atoms. The Balaban J connectivity index is 1.64. The Morgan fingerprint density at radius 1 is 1.19 bits per heavy atom. The fourth-order valence-corrected chi connectivity index (χ4v) is 4.39. The Morgan fingerprint density at radius 2 is 1.97 bits per heavy atom. The molecule has 8 nitrogen and oxygen atoms in total. The number of unbranched alkanes of at least 4 members (excludes halogenated alkanes) is 1. The van der Waals surface area contributed by atoms with E-state index in [1.807, 2.05) is 39.0 Å². The standard InChI is InChI=1S/C23H32N4O4S/c1-5-7-8-16(6-2)22(29)27(12-15(3)4)13-20(28)24-23-26-25-21(32-23)17-9-10-18-19(11-17)31-14-30-18/h9-11,15-16H,5-8,12-14H2,1-4H3,(H,24,26,28)/t16-/m1/s1. The number of carbonyl (C=O) groups excluding carboxylic acids is 2. The molecule has 9 heteroatoms. The quantitative estimate of drug-likeness (QED) is 0.528. The highest BCUT2D eigenvalue weighted by molar-refractivity contribution is 7.18. The zero-order valence-electron chi connectivity index (χ0n) is 19.2. The third-order valence-electron chi connectivity index (χ3n) is 5.27. The van der Waals surface area contributed by atoms with E-state index >= 15 is 0 Å². The Hall–Kier alpha value is -2.68. The Morgan fingerprint density at radius 3 is 2.69 bits per heavy atom. The first-order valence-corrected chi connectivity index (χ1v) is 12.0. The van der Waals surface area contributed by atoms with E-state index in [1.165, 1.54) is 11.3 Å². The van der Waals surface area contributed by atoms with Crippen molar-refractivity contribution >= 4 is 28.3 Å². The molecule has 174 valence electrons. The number of amides is 2. The molecule has 1 aliphatic heterocycles. The second kappa shape index (κ2) is 11.3. The number of aromatic nitrogens is 2. The SMILES string of the molecule is CCCC[C@@H](CC)C(=O)N(CC(=O)Nc1nnc(-c2ccc3c(c2)OCO3)s1)CC(C)C. The minimum atomic E-state index is -0.266. The van der Waals surface area contributed by atoms with Crippen LogP contribution in [0.25, 0.3) is 10.6 Å². The second-order valence-electron chi connectivity index (χ2n) is 8.39. The van der Waals surface area contributed by atoms with E-state index in [-0.39, 0.29) is 37.0 Å². The first kappa shape index (κ1) is 24.0. The fraction of sp³-hybridized carbons (Fsp3) is 0.565. The number of nitrogens with one attached hydrogen (secondary N) is 1. The Labute approximate surface area is 193 Å². The average molecular weight is 461 g/mol. The van der Waals surface area contributed by atoms with Crippen LogP contribution in [0.1, 0.15) is 53.4 Å². The van der Waals surface area contributed by atoms with E-state index in [4.69, 9.17) is 9.47 Å². The monoisotopic (exact) mass is 460 g/mol. The molecule has 0 saturated heterocycles. The first-order chi connectivity index (χ1) is 15.4. The minimum Gasteiger partial charge on any atom is -0.454 e. The summed E-state index contributed by atoms with van der Waals surface area (Å²) in [5.74, 6) is 1.39. The van der Waals surface area contributed by atoms with E-state index in [9.17, 15) is 9.59 Å². The van der Waals surface area contributed by atoms with Crippen LogP contribution >= 0.6 is 11.3 Å². The fourth-order valence-electron chi connectivity index (χ4n) is 3.64. The highest BCUT2D eigenvalue weighted by atomic mass is 32.1. The van der Waals surface area contributed by atoms with Crippen molar-refractivity contribution in [2.24, 2.45) is 11.8 Å². The van der Waals surface area contributed by atoms with Crippen molar-refractivity contribution in [2.45, 2.75) is 53.4 Å². The van der Waals surface area contributed by atoms with Gasteiger partial charge in [0, 0.05) is 18.0 Å². The maximum atomic E-state index is 13.1. The highest BCUT2D eigenvalue weighted by Crippen LogP contribution is 2.37. The molecule has 1 aromatic heterocycles. The lowest BCUT2D eigenvalue weighted by Crippen LogP contribution is -2.43. The van der Waals surface area contributed by atoms with Crippen LogP contribution in [0.4, 0.5) is 5.13 Å². The third-order valence-corrected chi connectivity index (χ3v) is 6.16. The minimum absolute atomic E-state index is 0.0125. The van der Waals surface area contributed by atoms with Crippen LogP contribution in [0.3, 0.4) is 0 Å². The maximum absolute atomic E-state index is 13.1. The predicted octanol–water partition coefficient (Wildman–Crippen LogP) is 4.57. The summed E-state index contributed by atoms with van der Waals surface area (Å²) in [5.41, 5.74) is 0.838. The number of benzene rings is 1. The molecule has 0 aliphatic carbocycles. The molecule has 3 rings (SSSR count). The highest BCUT2D eigenvalue weighted by Gasteiger charge is 2.25. The normalized spacial score (nSPS) is 13.3.